The van der Waals surface area contributed by atoms with Gasteiger partial charge >= 0.3 is 0 Å². The lowest BCUT2D eigenvalue weighted by Gasteiger charge is -2.07. The van der Waals surface area contributed by atoms with Gasteiger partial charge in [0.1, 0.15) is 18.2 Å². The Balaban J connectivity index is 1.55. The van der Waals surface area contributed by atoms with Crippen LogP contribution in [-0.4, -0.2) is 12.4 Å². The molecule has 2 aromatic rings. The fourth-order valence-electron chi connectivity index (χ4n) is 2.68. The molecule has 0 unspecified atom stereocenters. The minimum Gasteiger partial charge on any atom is -0.486 e. The topological polar surface area (TPSA) is 26.3 Å². The van der Waals surface area contributed by atoms with Crippen molar-refractivity contribution in [3.8, 4) is 5.75 Å². The van der Waals surface area contributed by atoms with Gasteiger partial charge in [0.2, 0.25) is 0 Å². The third kappa shape index (κ3) is 3.48. The van der Waals surface area contributed by atoms with Gasteiger partial charge < -0.3 is 4.74 Å². The van der Waals surface area contributed by atoms with Crippen LogP contribution in [0.15, 0.2) is 42.5 Å². The van der Waals surface area contributed by atoms with Crippen LogP contribution in [0.1, 0.15) is 23.1 Å². The minimum atomic E-state index is -0.291. The fourth-order valence-corrected chi connectivity index (χ4v) is 2.68. The zero-order chi connectivity index (χ0) is 14.7. The van der Waals surface area contributed by atoms with E-state index < -0.39 is 0 Å². The molecule has 0 fully saturated rings. The van der Waals surface area contributed by atoms with Crippen molar-refractivity contribution in [1.82, 2.24) is 0 Å². The molecule has 108 valence electrons. The van der Waals surface area contributed by atoms with Crippen LogP contribution in [0.5, 0.6) is 5.75 Å². The molecule has 0 radical (unpaired) electrons. The summed E-state index contributed by atoms with van der Waals surface area (Å²) in [4.78, 5) is 11.9. The Morgan fingerprint density at radius 3 is 2.62 bits per heavy atom. The van der Waals surface area contributed by atoms with Crippen LogP contribution >= 0.6 is 0 Å². The minimum absolute atomic E-state index is 0.0119. The largest absolute Gasteiger partial charge is 0.486 e. The molecule has 2 nitrogen and oxygen atoms in total. The molecule has 1 aliphatic carbocycles. The molecule has 0 saturated carbocycles. The van der Waals surface area contributed by atoms with Gasteiger partial charge in [-0.25, -0.2) is 4.39 Å². The monoisotopic (exact) mass is 284 g/mol. The Kier molecular flexibility index (Phi) is 4.00. The second kappa shape index (κ2) is 6.08. The highest BCUT2D eigenvalue weighted by molar-refractivity contribution is 5.82. The van der Waals surface area contributed by atoms with Crippen molar-refractivity contribution in [2.24, 2.45) is 0 Å². The molecule has 0 spiro atoms. The number of benzene rings is 2. The maximum Gasteiger partial charge on any atom is 0.174 e. The van der Waals surface area contributed by atoms with Gasteiger partial charge in [-0.15, -0.1) is 0 Å². The normalized spacial score (nSPS) is 13.0. The maximum absolute atomic E-state index is 12.8. The van der Waals surface area contributed by atoms with E-state index in [1.54, 1.807) is 12.1 Å². The number of hydrogen-bond donors (Lipinski definition) is 0. The van der Waals surface area contributed by atoms with E-state index in [0.29, 0.717) is 0 Å². The predicted molar refractivity (Wildman–Crippen MR) is 79.1 cm³/mol. The number of aryl methyl sites for hydroxylation is 2. The van der Waals surface area contributed by atoms with Crippen LogP contribution in [0.3, 0.4) is 0 Å². The van der Waals surface area contributed by atoms with Gasteiger partial charge in [0.15, 0.2) is 5.78 Å². The van der Waals surface area contributed by atoms with Crippen molar-refractivity contribution < 1.29 is 13.9 Å². The molecule has 0 saturated heterocycles. The van der Waals surface area contributed by atoms with Crippen LogP contribution in [0.2, 0.25) is 0 Å². The Bertz CT molecular complexity index is 647. The van der Waals surface area contributed by atoms with E-state index in [2.05, 4.69) is 6.07 Å². The highest BCUT2D eigenvalue weighted by atomic mass is 19.1. The lowest BCUT2D eigenvalue weighted by atomic mass is 10.1. The van der Waals surface area contributed by atoms with Crippen molar-refractivity contribution >= 4 is 5.78 Å². The molecule has 0 N–H and O–H groups in total. The number of carbonyl (C=O) groups excluding carboxylic acids is 1. The van der Waals surface area contributed by atoms with Gasteiger partial charge in [-0.3, -0.25) is 4.79 Å². The summed E-state index contributed by atoms with van der Waals surface area (Å²) in [6, 6.07) is 12.0. The quantitative estimate of drug-likeness (QED) is 0.840. The molecular weight excluding hydrogens is 267 g/mol. The molecule has 0 aliphatic heterocycles. The Morgan fingerprint density at radius 2 is 1.81 bits per heavy atom. The summed E-state index contributed by atoms with van der Waals surface area (Å²) in [6.07, 6.45) is 3.70. The van der Waals surface area contributed by atoms with Crippen molar-refractivity contribution in [2.45, 2.75) is 25.7 Å². The Hall–Kier alpha value is -2.16. The number of ketones is 1. The summed E-state index contributed by atoms with van der Waals surface area (Å²) in [5, 5.41) is 0. The summed E-state index contributed by atoms with van der Waals surface area (Å²) >= 11 is 0. The van der Waals surface area contributed by atoms with E-state index in [4.69, 9.17) is 4.74 Å². The first-order chi connectivity index (χ1) is 10.2. The number of fused-ring (bicyclic) bond motifs is 1. The number of hydrogen-bond acceptors (Lipinski definition) is 2. The lowest BCUT2D eigenvalue weighted by Crippen LogP contribution is -2.13. The highest BCUT2D eigenvalue weighted by Crippen LogP contribution is 2.25. The van der Waals surface area contributed by atoms with E-state index >= 15 is 0 Å². The van der Waals surface area contributed by atoms with Crippen molar-refractivity contribution in [3.05, 3.63) is 65.0 Å². The van der Waals surface area contributed by atoms with E-state index in [1.165, 1.54) is 29.7 Å². The maximum atomic E-state index is 12.8. The van der Waals surface area contributed by atoms with Gasteiger partial charge in [-0.05, 0) is 60.2 Å². The summed E-state index contributed by atoms with van der Waals surface area (Å²) in [7, 11) is 0. The molecule has 0 heterocycles. The molecule has 0 aromatic heterocycles. The van der Waals surface area contributed by atoms with Crippen molar-refractivity contribution in [3.63, 3.8) is 0 Å². The Labute approximate surface area is 123 Å². The lowest BCUT2D eigenvalue weighted by molar-refractivity contribution is -0.120. The second-order valence-electron chi connectivity index (χ2n) is 5.41. The summed E-state index contributed by atoms with van der Waals surface area (Å²) < 4.78 is 18.4. The molecule has 21 heavy (non-hydrogen) atoms. The zero-order valence-electron chi connectivity index (χ0n) is 11.8. The number of carbonyl (C=O) groups is 1. The van der Waals surface area contributed by atoms with Crippen LogP contribution < -0.4 is 4.74 Å². The first-order valence-electron chi connectivity index (χ1n) is 7.21. The smallest absolute Gasteiger partial charge is 0.174 e. The number of Topliss-reactive ketones (excluding diaryl/α,β-unsaturated/α-hetero) is 1. The van der Waals surface area contributed by atoms with Crippen molar-refractivity contribution in [1.29, 1.82) is 0 Å². The predicted octanol–water partition coefficient (Wildman–Crippen LogP) is 3.51. The molecular formula is C18H17FO2. The standard InChI is InChI=1S/C18H17FO2/c19-16-7-4-13(5-8-16)10-17(20)12-21-18-9-6-14-2-1-3-15(14)11-18/h4-9,11H,1-3,10,12H2. The second-order valence-corrected chi connectivity index (χ2v) is 5.41. The van der Waals surface area contributed by atoms with Crippen LogP contribution in [0, 0.1) is 5.82 Å². The van der Waals surface area contributed by atoms with Crippen molar-refractivity contribution in [2.75, 3.05) is 6.61 Å². The van der Waals surface area contributed by atoms with Crippen LogP contribution in [-0.2, 0) is 24.1 Å². The zero-order valence-corrected chi connectivity index (χ0v) is 11.8. The first kappa shape index (κ1) is 13.8. The van der Waals surface area contributed by atoms with Gasteiger partial charge in [-0.1, -0.05) is 18.2 Å². The molecule has 2 aromatic carbocycles. The molecule has 0 atom stereocenters. The SMILES string of the molecule is O=C(COc1ccc2c(c1)CCC2)Cc1ccc(F)cc1. The van der Waals surface area contributed by atoms with Crippen LogP contribution in [0.4, 0.5) is 4.39 Å². The van der Waals surface area contributed by atoms with Gasteiger partial charge in [-0.2, -0.15) is 0 Å². The molecule has 0 amide bonds. The van der Waals surface area contributed by atoms with E-state index in [-0.39, 0.29) is 24.6 Å². The molecule has 0 bridgehead atoms. The van der Waals surface area contributed by atoms with E-state index in [9.17, 15) is 9.18 Å². The van der Waals surface area contributed by atoms with Gasteiger partial charge in [0, 0.05) is 6.42 Å². The number of ether oxygens (including phenoxy) is 1. The third-order valence-electron chi connectivity index (χ3n) is 3.78. The van der Waals surface area contributed by atoms with Gasteiger partial charge in [0.25, 0.3) is 0 Å². The molecule has 3 rings (SSSR count). The summed E-state index contributed by atoms with van der Waals surface area (Å²) in [6.45, 7) is 0.0517. The van der Waals surface area contributed by atoms with E-state index in [0.717, 1.165) is 24.2 Å². The first-order valence-corrected chi connectivity index (χ1v) is 7.21. The Morgan fingerprint density at radius 1 is 1.05 bits per heavy atom. The fraction of sp³-hybridized carbons (Fsp3) is 0.278. The third-order valence-corrected chi connectivity index (χ3v) is 3.78. The average Bonchev–Trinajstić information content (AvgIpc) is 2.95. The average molecular weight is 284 g/mol. The van der Waals surface area contributed by atoms with E-state index in [1.807, 2.05) is 12.1 Å². The van der Waals surface area contributed by atoms with Crippen LogP contribution in [0.25, 0.3) is 0 Å². The number of halogens is 1. The highest BCUT2D eigenvalue weighted by Gasteiger charge is 2.12. The summed E-state index contributed by atoms with van der Waals surface area (Å²) in [5.74, 6) is 0.450. The van der Waals surface area contributed by atoms with Gasteiger partial charge in [0.05, 0.1) is 0 Å². The molecule has 3 heteroatoms. The number of rotatable bonds is 5. The summed E-state index contributed by atoms with van der Waals surface area (Å²) in [5.41, 5.74) is 3.53. The molecule has 1 aliphatic rings.